The molecule has 2 aromatic carbocycles. The topological polar surface area (TPSA) is 158 Å². The van der Waals surface area contributed by atoms with E-state index in [1.54, 1.807) is 23.7 Å². The highest BCUT2D eigenvalue weighted by atomic mass is 127. The summed E-state index contributed by atoms with van der Waals surface area (Å²) in [6.45, 7) is 1.84. The Balaban J connectivity index is 0.000000289. The first-order chi connectivity index (χ1) is 12.5. The number of aromatic hydroxyl groups is 1. The first kappa shape index (κ1) is 23.5. The predicted molar refractivity (Wildman–Crippen MR) is 119 cm³/mol. The zero-order chi connectivity index (χ0) is 20.6. The van der Waals surface area contributed by atoms with E-state index in [4.69, 9.17) is 15.5 Å². The maximum atomic E-state index is 10.5. The summed E-state index contributed by atoms with van der Waals surface area (Å²) in [4.78, 5) is -0.0666. The lowest BCUT2D eigenvalue weighted by atomic mass is 10.2. The van der Waals surface area contributed by atoms with Crippen molar-refractivity contribution in [3.63, 3.8) is 0 Å². The summed E-state index contributed by atoms with van der Waals surface area (Å²) in [6, 6.07) is 9.57. The van der Waals surface area contributed by atoms with Crippen LogP contribution in [0.25, 0.3) is 0 Å². The van der Waals surface area contributed by atoms with E-state index < -0.39 is 10.1 Å². The van der Waals surface area contributed by atoms with Crippen molar-refractivity contribution in [2.24, 2.45) is 15.9 Å². The third kappa shape index (κ3) is 8.37. The van der Waals surface area contributed by atoms with Gasteiger partial charge in [-0.1, -0.05) is 17.7 Å². The standard InChI is InChI=1S/C8H8I2N4O2.C7H8O3S/c9-5-1-4(7(15)6(10)2-5)3-12-13-8(11)14-16;1-6-2-4-7(5-3-6)11(8,9)10/h1-3,15-16H,(H3,11,13,14);2-5H,1H3,(H,8,9,10)/b12-3+;. The molecule has 2 rings (SSSR count). The van der Waals surface area contributed by atoms with Crippen LogP contribution >= 0.6 is 45.2 Å². The summed E-state index contributed by atoms with van der Waals surface area (Å²) in [5.74, 6) is -0.0911. The maximum Gasteiger partial charge on any atom is 0.294 e. The molecule has 12 heteroatoms. The van der Waals surface area contributed by atoms with Gasteiger partial charge < -0.3 is 10.8 Å². The number of hydrogen-bond acceptors (Lipinski definition) is 6. The van der Waals surface area contributed by atoms with E-state index in [9.17, 15) is 13.5 Å². The number of phenols is 1. The van der Waals surface area contributed by atoms with Gasteiger partial charge in [-0.2, -0.15) is 13.5 Å². The molecule has 0 unspecified atom stereocenters. The van der Waals surface area contributed by atoms with Gasteiger partial charge in [0.25, 0.3) is 10.1 Å². The SMILES string of the molecule is Cc1ccc(S(=O)(=O)O)cc1.NC(=N/N=C/c1cc(I)cc(I)c1O)NO. The van der Waals surface area contributed by atoms with Crippen LogP contribution in [-0.2, 0) is 10.1 Å². The van der Waals surface area contributed by atoms with Crippen molar-refractivity contribution in [1.29, 1.82) is 0 Å². The molecule has 0 aliphatic rings. The van der Waals surface area contributed by atoms with Crippen LogP contribution in [0.5, 0.6) is 5.75 Å². The van der Waals surface area contributed by atoms with Gasteiger partial charge in [-0.25, -0.2) is 5.48 Å². The summed E-state index contributed by atoms with van der Waals surface area (Å²) >= 11 is 4.15. The molecule has 0 aliphatic carbocycles. The van der Waals surface area contributed by atoms with Gasteiger partial charge in [-0.15, -0.1) is 5.10 Å². The molecule has 0 aromatic heterocycles. The largest absolute Gasteiger partial charge is 0.506 e. The zero-order valence-corrected chi connectivity index (χ0v) is 19.0. The van der Waals surface area contributed by atoms with Crippen molar-refractivity contribution in [3.05, 3.63) is 54.7 Å². The summed E-state index contributed by atoms with van der Waals surface area (Å²) in [5, 5.41) is 25.1. The molecular formula is C15H16I2N4O5S. The number of rotatable bonds is 3. The number of nitrogens with zero attached hydrogens (tertiary/aromatic N) is 2. The molecule has 0 bridgehead atoms. The molecule has 0 radical (unpaired) electrons. The number of hydroxylamine groups is 1. The fourth-order valence-electron chi connectivity index (χ4n) is 1.57. The van der Waals surface area contributed by atoms with E-state index >= 15 is 0 Å². The van der Waals surface area contributed by atoms with Gasteiger partial charge in [0.1, 0.15) is 5.75 Å². The number of halogens is 2. The lowest BCUT2D eigenvalue weighted by Gasteiger charge is -2.01. The van der Waals surface area contributed by atoms with Crippen LogP contribution in [0.2, 0.25) is 0 Å². The molecule has 0 atom stereocenters. The third-order valence-corrected chi connectivity index (χ3v) is 5.17. The van der Waals surface area contributed by atoms with Crippen LogP contribution in [0, 0.1) is 14.1 Å². The Morgan fingerprint density at radius 3 is 2.33 bits per heavy atom. The molecule has 0 saturated heterocycles. The van der Waals surface area contributed by atoms with Gasteiger partial charge in [-0.05, 0) is 76.4 Å². The van der Waals surface area contributed by atoms with E-state index in [0.29, 0.717) is 5.56 Å². The molecule has 146 valence electrons. The maximum absolute atomic E-state index is 10.5. The van der Waals surface area contributed by atoms with Gasteiger partial charge in [0.05, 0.1) is 14.7 Å². The lowest BCUT2D eigenvalue weighted by molar-refractivity contribution is 0.232. The van der Waals surface area contributed by atoms with Gasteiger partial charge in [-0.3, -0.25) is 9.76 Å². The van der Waals surface area contributed by atoms with E-state index in [-0.39, 0.29) is 16.6 Å². The van der Waals surface area contributed by atoms with E-state index in [1.165, 1.54) is 18.3 Å². The zero-order valence-electron chi connectivity index (χ0n) is 13.8. The van der Waals surface area contributed by atoms with Crippen molar-refractivity contribution in [2.45, 2.75) is 11.8 Å². The van der Waals surface area contributed by atoms with Crippen LogP contribution in [0.4, 0.5) is 0 Å². The Labute approximate surface area is 183 Å². The first-order valence-electron chi connectivity index (χ1n) is 7.03. The highest BCUT2D eigenvalue weighted by Crippen LogP contribution is 2.25. The monoisotopic (exact) mass is 618 g/mol. The van der Waals surface area contributed by atoms with Crippen molar-refractivity contribution >= 4 is 67.5 Å². The Bertz CT molecular complexity index is 947. The minimum Gasteiger partial charge on any atom is -0.506 e. The summed E-state index contributed by atoms with van der Waals surface area (Å²) < 4.78 is 31.2. The van der Waals surface area contributed by atoms with E-state index in [2.05, 4.69) is 32.8 Å². The molecule has 0 fully saturated rings. The van der Waals surface area contributed by atoms with Crippen LogP contribution in [0.1, 0.15) is 11.1 Å². The summed E-state index contributed by atoms with van der Waals surface area (Å²) in [6.07, 6.45) is 1.35. The van der Waals surface area contributed by atoms with Gasteiger partial charge in [0.15, 0.2) is 0 Å². The van der Waals surface area contributed by atoms with Gasteiger partial charge in [0.2, 0.25) is 5.96 Å². The van der Waals surface area contributed by atoms with Crippen molar-refractivity contribution in [1.82, 2.24) is 5.48 Å². The highest BCUT2D eigenvalue weighted by Gasteiger charge is 2.07. The molecular weight excluding hydrogens is 602 g/mol. The molecule has 27 heavy (non-hydrogen) atoms. The minimum absolute atomic E-state index is 0.0666. The second-order valence-corrected chi connectivity index (χ2v) is 8.78. The highest BCUT2D eigenvalue weighted by molar-refractivity contribution is 14.1. The van der Waals surface area contributed by atoms with Crippen LogP contribution in [0.3, 0.4) is 0 Å². The second kappa shape index (κ2) is 10.7. The molecule has 9 nitrogen and oxygen atoms in total. The predicted octanol–water partition coefficient (Wildman–Crippen LogP) is 2.47. The lowest BCUT2D eigenvalue weighted by Crippen LogP contribution is -2.27. The first-order valence-corrected chi connectivity index (χ1v) is 10.6. The second-order valence-electron chi connectivity index (χ2n) is 4.96. The molecule has 0 heterocycles. The average molecular weight is 618 g/mol. The van der Waals surface area contributed by atoms with Gasteiger partial charge in [0, 0.05) is 9.13 Å². The van der Waals surface area contributed by atoms with Crippen molar-refractivity contribution in [3.8, 4) is 5.75 Å². The smallest absolute Gasteiger partial charge is 0.294 e. The van der Waals surface area contributed by atoms with Crippen molar-refractivity contribution in [2.75, 3.05) is 0 Å². The number of benzene rings is 2. The molecule has 0 aliphatic heterocycles. The fourth-order valence-corrected chi connectivity index (χ4v) is 3.94. The average Bonchev–Trinajstić information content (AvgIpc) is 2.59. The van der Waals surface area contributed by atoms with Crippen LogP contribution in [0.15, 0.2) is 51.5 Å². The van der Waals surface area contributed by atoms with E-state index in [1.807, 2.05) is 35.6 Å². The molecule has 0 amide bonds. The molecule has 0 saturated carbocycles. The Kier molecular flexibility index (Phi) is 9.37. The van der Waals surface area contributed by atoms with Crippen LogP contribution < -0.4 is 11.2 Å². The number of nitrogens with one attached hydrogen (secondary N) is 1. The molecule has 2 aromatic rings. The number of guanidine groups is 1. The quantitative estimate of drug-likeness (QED) is 0.116. The Morgan fingerprint density at radius 2 is 1.81 bits per heavy atom. The normalized spacial score (nSPS) is 11.8. The third-order valence-electron chi connectivity index (χ3n) is 2.85. The molecule has 6 N–H and O–H groups in total. The minimum atomic E-state index is -4.02. The summed E-state index contributed by atoms with van der Waals surface area (Å²) in [5.41, 5.74) is 8.27. The fraction of sp³-hybridized carbons (Fsp3) is 0.0667. The molecule has 0 spiro atoms. The van der Waals surface area contributed by atoms with Crippen LogP contribution in [-0.4, -0.2) is 35.5 Å². The van der Waals surface area contributed by atoms with Crippen molar-refractivity contribution < 1.29 is 23.3 Å². The number of hydrogen-bond donors (Lipinski definition) is 5. The Morgan fingerprint density at radius 1 is 1.22 bits per heavy atom. The van der Waals surface area contributed by atoms with Gasteiger partial charge >= 0.3 is 0 Å². The number of nitrogens with two attached hydrogens (primary N) is 1. The van der Waals surface area contributed by atoms with E-state index in [0.717, 1.165) is 12.7 Å². The Hall–Kier alpha value is -1.49. The number of phenolic OH excluding ortho intramolecular Hbond substituents is 1. The number of aryl methyl sites for hydroxylation is 1. The summed E-state index contributed by atoms with van der Waals surface area (Å²) in [7, 11) is -4.02.